The van der Waals surface area contributed by atoms with E-state index in [4.69, 9.17) is 10.5 Å². The summed E-state index contributed by atoms with van der Waals surface area (Å²) in [7, 11) is 0. The van der Waals surface area contributed by atoms with Gasteiger partial charge in [-0.3, -0.25) is 0 Å². The Hall–Kier alpha value is -0.120. The molecule has 88 valence electrons. The Morgan fingerprint density at radius 2 is 2.20 bits per heavy atom. The molecular formula is C12H24N2O. The first-order chi connectivity index (χ1) is 7.21. The van der Waals surface area contributed by atoms with Crippen molar-refractivity contribution in [3.8, 4) is 0 Å². The number of hydrogen-bond donors (Lipinski definition) is 1. The van der Waals surface area contributed by atoms with E-state index < -0.39 is 0 Å². The third-order valence-electron chi connectivity index (χ3n) is 4.06. The molecule has 2 atom stereocenters. The third-order valence-corrected chi connectivity index (χ3v) is 4.06. The molecule has 1 aliphatic heterocycles. The van der Waals surface area contributed by atoms with Crippen molar-refractivity contribution in [1.29, 1.82) is 0 Å². The van der Waals surface area contributed by atoms with Crippen LogP contribution < -0.4 is 5.73 Å². The van der Waals surface area contributed by atoms with E-state index in [0.29, 0.717) is 11.5 Å². The first-order valence-electron chi connectivity index (χ1n) is 6.26. The van der Waals surface area contributed by atoms with Crippen LogP contribution in [0, 0.1) is 5.41 Å². The molecule has 0 radical (unpaired) electrons. The van der Waals surface area contributed by atoms with E-state index in [-0.39, 0.29) is 0 Å². The minimum Gasteiger partial charge on any atom is -0.380 e. The van der Waals surface area contributed by atoms with Crippen molar-refractivity contribution in [2.75, 3.05) is 32.8 Å². The van der Waals surface area contributed by atoms with E-state index in [1.54, 1.807) is 0 Å². The number of rotatable bonds is 2. The third kappa shape index (κ3) is 2.71. The molecule has 0 aromatic rings. The first kappa shape index (κ1) is 11.4. The normalized spacial score (nSPS) is 39.2. The SMILES string of the molecule is CC1(CN2CCCOCC2)CCCC1N. The average Bonchev–Trinajstić information content (AvgIpc) is 2.44. The molecule has 3 heteroatoms. The van der Waals surface area contributed by atoms with E-state index >= 15 is 0 Å². The molecule has 0 spiro atoms. The molecule has 15 heavy (non-hydrogen) atoms. The van der Waals surface area contributed by atoms with E-state index in [2.05, 4.69) is 11.8 Å². The fraction of sp³-hybridized carbons (Fsp3) is 1.00. The van der Waals surface area contributed by atoms with Crippen LogP contribution >= 0.6 is 0 Å². The molecule has 2 N–H and O–H groups in total. The van der Waals surface area contributed by atoms with Crippen LogP contribution in [0.2, 0.25) is 0 Å². The van der Waals surface area contributed by atoms with Crippen molar-refractivity contribution in [2.45, 2.75) is 38.6 Å². The average molecular weight is 212 g/mol. The molecular weight excluding hydrogens is 188 g/mol. The quantitative estimate of drug-likeness (QED) is 0.748. The van der Waals surface area contributed by atoms with E-state index in [0.717, 1.165) is 26.3 Å². The van der Waals surface area contributed by atoms with Crippen molar-refractivity contribution in [2.24, 2.45) is 11.1 Å². The van der Waals surface area contributed by atoms with Crippen LogP contribution in [0.1, 0.15) is 32.6 Å². The van der Waals surface area contributed by atoms with Crippen molar-refractivity contribution in [3.05, 3.63) is 0 Å². The molecule has 2 rings (SSSR count). The van der Waals surface area contributed by atoms with Crippen molar-refractivity contribution in [1.82, 2.24) is 4.90 Å². The summed E-state index contributed by atoms with van der Waals surface area (Å²) in [5, 5.41) is 0. The number of nitrogens with zero attached hydrogens (tertiary/aromatic N) is 1. The highest BCUT2D eigenvalue weighted by molar-refractivity contribution is 4.93. The van der Waals surface area contributed by atoms with Gasteiger partial charge in [-0.1, -0.05) is 13.3 Å². The molecule has 1 heterocycles. The van der Waals surface area contributed by atoms with Crippen LogP contribution in [0.25, 0.3) is 0 Å². The maximum atomic E-state index is 6.21. The Bertz CT molecular complexity index is 202. The van der Waals surface area contributed by atoms with Crippen molar-refractivity contribution >= 4 is 0 Å². The number of nitrogens with two attached hydrogens (primary N) is 1. The standard InChI is InChI=1S/C12H24N2O/c1-12(5-2-4-11(12)13)10-14-6-3-8-15-9-7-14/h11H,2-10,13H2,1H3. The van der Waals surface area contributed by atoms with Gasteiger partial charge in [0.15, 0.2) is 0 Å². The molecule has 2 unspecified atom stereocenters. The van der Waals surface area contributed by atoms with Crippen LogP contribution in [-0.4, -0.2) is 43.8 Å². The highest BCUT2D eigenvalue weighted by Crippen LogP contribution is 2.37. The molecule has 0 bridgehead atoms. The zero-order valence-electron chi connectivity index (χ0n) is 9.87. The summed E-state index contributed by atoms with van der Waals surface area (Å²) < 4.78 is 5.48. The Morgan fingerprint density at radius 3 is 2.93 bits per heavy atom. The summed E-state index contributed by atoms with van der Waals surface area (Å²) in [6, 6.07) is 0.404. The lowest BCUT2D eigenvalue weighted by Crippen LogP contribution is -2.45. The van der Waals surface area contributed by atoms with E-state index in [9.17, 15) is 0 Å². The molecule has 1 aliphatic carbocycles. The fourth-order valence-electron chi connectivity index (χ4n) is 2.92. The molecule has 1 saturated heterocycles. The van der Waals surface area contributed by atoms with E-state index in [1.807, 2.05) is 0 Å². The monoisotopic (exact) mass is 212 g/mol. The second kappa shape index (κ2) is 4.81. The largest absolute Gasteiger partial charge is 0.380 e. The Labute approximate surface area is 93.0 Å². The summed E-state index contributed by atoms with van der Waals surface area (Å²) in [4.78, 5) is 2.54. The lowest BCUT2D eigenvalue weighted by atomic mass is 9.84. The maximum Gasteiger partial charge on any atom is 0.0593 e. The van der Waals surface area contributed by atoms with Gasteiger partial charge in [-0.25, -0.2) is 0 Å². The zero-order chi connectivity index (χ0) is 10.7. The van der Waals surface area contributed by atoms with Gasteiger partial charge >= 0.3 is 0 Å². The smallest absolute Gasteiger partial charge is 0.0593 e. The van der Waals surface area contributed by atoms with Gasteiger partial charge in [0.2, 0.25) is 0 Å². The molecule has 0 amide bonds. The highest BCUT2D eigenvalue weighted by atomic mass is 16.5. The molecule has 2 aliphatic rings. The van der Waals surface area contributed by atoms with Crippen LogP contribution in [0.5, 0.6) is 0 Å². The van der Waals surface area contributed by atoms with Crippen LogP contribution in [0.15, 0.2) is 0 Å². The predicted molar refractivity (Wildman–Crippen MR) is 61.8 cm³/mol. The molecule has 0 aromatic carbocycles. The molecule has 1 saturated carbocycles. The maximum absolute atomic E-state index is 6.21. The number of hydrogen-bond acceptors (Lipinski definition) is 3. The van der Waals surface area contributed by atoms with Crippen LogP contribution in [0.3, 0.4) is 0 Å². The van der Waals surface area contributed by atoms with Crippen molar-refractivity contribution in [3.63, 3.8) is 0 Å². The second-order valence-corrected chi connectivity index (χ2v) is 5.39. The van der Waals surface area contributed by atoms with Gasteiger partial charge in [0.05, 0.1) is 6.61 Å². The highest BCUT2D eigenvalue weighted by Gasteiger charge is 2.37. The first-order valence-corrected chi connectivity index (χ1v) is 6.26. The minimum absolute atomic E-state index is 0.352. The van der Waals surface area contributed by atoms with Gasteiger partial charge in [0.1, 0.15) is 0 Å². The number of ether oxygens (including phenoxy) is 1. The Morgan fingerprint density at radius 1 is 1.33 bits per heavy atom. The topological polar surface area (TPSA) is 38.5 Å². The fourth-order valence-corrected chi connectivity index (χ4v) is 2.92. The van der Waals surface area contributed by atoms with Crippen LogP contribution in [-0.2, 0) is 4.74 Å². The van der Waals surface area contributed by atoms with Gasteiger partial charge in [0, 0.05) is 32.3 Å². The minimum atomic E-state index is 0.352. The lowest BCUT2D eigenvalue weighted by molar-refractivity contribution is 0.123. The van der Waals surface area contributed by atoms with E-state index in [1.165, 1.54) is 32.2 Å². The Balaban J connectivity index is 1.88. The van der Waals surface area contributed by atoms with Gasteiger partial charge < -0.3 is 15.4 Å². The summed E-state index contributed by atoms with van der Waals surface area (Å²) in [5.41, 5.74) is 6.56. The molecule has 0 aromatic heterocycles. The summed E-state index contributed by atoms with van der Waals surface area (Å²) >= 11 is 0. The summed E-state index contributed by atoms with van der Waals surface area (Å²) in [5.74, 6) is 0. The lowest BCUT2D eigenvalue weighted by Gasteiger charge is -2.34. The van der Waals surface area contributed by atoms with Crippen LogP contribution in [0.4, 0.5) is 0 Å². The predicted octanol–water partition coefficient (Wildman–Crippen LogP) is 1.23. The molecule has 2 fully saturated rings. The summed E-state index contributed by atoms with van der Waals surface area (Å²) in [6.45, 7) is 7.61. The van der Waals surface area contributed by atoms with Crippen molar-refractivity contribution < 1.29 is 4.74 Å². The van der Waals surface area contributed by atoms with Gasteiger partial charge in [-0.2, -0.15) is 0 Å². The van der Waals surface area contributed by atoms with Gasteiger partial charge in [0.25, 0.3) is 0 Å². The second-order valence-electron chi connectivity index (χ2n) is 5.39. The summed E-state index contributed by atoms with van der Waals surface area (Å²) in [6.07, 6.45) is 4.99. The zero-order valence-corrected chi connectivity index (χ0v) is 9.87. The Kier molecular flexibility index (Phi) is 3.65. The van der Waals surface area contributed by atoms with Gasteiger partial charge in [-0.05, 0) is 24.7 Å². The molecule has 3 nitrogen and oxygen atoms in total. The van der Waals surface area contributed by atoms with Gasteiger partial charge in [-0.15, -0.1) is 0 Å².